The molecule has 0 saturated heterocycles. The van der Waals surface area contributed by atoms with Crippen molar-refractivity contribution in [3.63, 3.8) is 0 Å². The van der Waals surface area contributed by atoms with Crippen molar-refractivity contribution in [2.75, 3.05) is 35.2 Å². The van der Waals surface area contributed by atoms with E-state index in [9.17, 15) is 4.79 Å². The topological polar surface area (TPSA) is 72.5 Å². The van der Waals surface area contributed by atoms with E-state index in [4.69, 9.17) is 28.4 Å². The van der Waals surface area contributed by atoms with E-state index in [-0.39, 0.29) is 24.9 Å². The first-order valence-electron chi connectivity index (χ1n) is 8.79. The molecule has 1 aliphatic heterocycles. The summed E-state index contributed by atoms with van der Waals surface area (Å²) in [6.45, 7) is 1.72. The van der Waals surface area contributed by atoms with Gasteiger partial charge in [0.05, 0.1) is 28.4 Å². The minimum absolute atomic E-state index is 0.0403. The van der Waals surface area contributed by atoms with Crippen LogP contribution in [0.5, 0.6) is 34.5 Å². The molecule has 0 fully saturated rings. The van der Waals surface area contributed by atoms with Gasteiger partial charge in [-0.05, 0) is 30.7 Å². The van der Waals surface area contributed by atoms with Crippen LogP contribution in [0.25, 0.3) is 0 Å². The van der Waals surface area contributed by atoms with Crippen molar-refractivity contribution in [1.29, 1.82) is 0 Å². The monoisotopic (exact) mass is 388 g/mol. The molecule has 0 aromatic heterocycles. The van der Waals surface area contributed by atoms with Crippen molar-refractivity contribution in [1.82, 2.24) is 0 Å². The van der Waals surface area contributed by atoms with Gasteiger partial charge in [0.25, 0.3) is 0 Å². The van der Waals surface area contributed by atoms with Crippen LogP contribution in [0.2, 0.25) is 0 Å². The molecule has 0 unspecified atom stereocenters. The first-order valence-corrected chi connectivity index (χ1v) is 8.79. The highest BCUT2D eigenvalue weighted by molar-refractivity contribution is 5.78. The number of fused-ring (bicyclic) bond motifs is 1. The van der Waals surface area contributed by atoms with Gasteiger partial charge in [-0.15, -0.1) is 0 Å². The normalized spacial score (nSPS) is 13.0. The molecule has 0 bridgehead atoms. The van der Waals surface area contributed by atoms with Gasteiger partial charge in [-0.2, -0.15) is 0 Å². The van der Waals surface area contributed by atoms with Crippen molar-refractivity contribution >= 4 is 5.78 Å². The van der Waals surface area contributed by atoms with Gasteiger partial charge >= 0.3 is 0 Å². The van der Waals surface area contributed by atoms with E-state index in [1.807, 2.05) is 18.2 Å². The lowest BCUT2D eigenvalue weighted by Gasteiger charge is -2.22. The number of carbonyl (C=O) groups excluding carboxylic acids is 1. The summed E-state index contributed by atoms with van der Waals surface area (Å²) in [6, 6.07) is 7.33. The van der Waals surface area contributed by atoms with Crippen LogP contribution in [-0.2, 0) is 4.79 Å². The predicted molar refractivity (Wildman–Crippen MR) is 102 cm³/mol. The number of hydrogen-bond acceptors (Lipinski definition) is 7. The van der Waals surface area contributed by atoms with Gasteiger partial charge in [0.15, 0.2) is 23.0 Å². The van der Waals surface area contributed by atoms with Crippen LogP contribution >= 0.6 is 0 Å². The van der Waals surface area contributed by atoms with E-state index in [2.05, 4.69) is 0 Å². The van der Waals surface area contributed by atoms with Crippen LogP contribution in [0.15, 0.2) is 24.3 Å². The molecule has 0 aliphatic carbocycles. The summed E-state index contributed by atoms with van der Waals surface area (Å²) in [6.07, 6.45) is 0.272. The smallest absolute Gasteiger partial charge is 0.231 e. The van der Waals surface area contributed by atoms with Crippen LogP contribution in [-0.4, -0.2) is 41.0 Å². The first kappa shape index (κ1) is 19.7. The van der Waals surface area contributed by atoms with Crippen LogP contribution < -0.4 is 28.4 Å². The SMILES string of the molecule is COc1cc2c(cc1[C@H](CC(C)=O)c1cc(OC)c(OC)c(OC)c1)OCO2. The molecule has 150 valence electrons. The van der Waals surface area contributed by atoms with Crippen LogP contribution in [0.4, 0.5) is 0 Å². The number of methoxy groups -OCH3 is 4. The Morgan fingerprint density at radius 2 is 1.46 bits per heavy atom. The summed E-state index contributed by atoms with van der Waals surface area (Å²) in [7, 11) is 6.25. The maximum Gasteiger partial charge on any atom is 0.231 e. The number of carbonyl (C=O) groups is 1. The molecule has 7 heteroatoms. The molecule has 0 spiro atoms. The molecule has 0 saturated carbocycles. The van der Waals surface area contributed by atoms with Crippen molar-refractivity contribution in [3.8, 4) is 34.5 Å². The minimum Gasteiger partial charge on any atom is -0.496 e. The van der Waals surface area contributed by atoms with E-state index in [1.54, 1.807) is 41.4 Å². The lowest BCUT2D eigenvalue weighted by molar-refractivity contribution is -0.117. The van der Waals surface area contributed by atoms with E-state index in [0.29, 0.717) is 34.5 Å². The number of Topliss-reactive ketones (excluding diaryl/α,β-unsaturated/α-hetero) is 1. The fourth-order valence-electron chi connectivity index (χ4n) is 3.39. The average Bonchev–Trinajstić information content (AvgIpc) is 3.17. The third-order valence-corrected chi connectivity index (χ3v) is 4.68. The molecule has 2 aromatic carbocycles. The Morgan fingerprint density at radius 1 is 0.893 bits per heavy atom. The second kappa shape index (κ2) is 8.29. The van der Waals surface area contributed by atoms with Crippen molar-refractivity contribution in [2.24, 2.45) is 0 Å². The first-order chi connectivity index (χ1) is 13.5. The number of rotatable bonds is 8. The highest BCUT2D eigenvalue weighted by atomic mass is 16.7. The fraction of sp³-hybridized carbons (Fsp3) is 0.381. The van der Waals surface area contributed by atoms with E-state index >= 15 is 0 Å². The molecule has 0 N–H and O–H groups in total. The summed E-state index contributed by atoms with van der Waals surface area (Å²) in [5.74, 6) is 3.13. The summed E-state index contributed by atoms with van der Waals surface area (Å²) in [4.78, 5) is 12.1. The van der Waals surface area contributed by atoms with E-state index < -0.39 is 0 Å². The Kier molecular flexibility index (Phi) is 5.82. The van der Waals surface area contributed by atoms with Gasteiger partial charge in [0.1, 0.15) is 11.5 Å². The number of hydrogen-bond donors (Lipinski definition) is 0. The van der Waals surface area contributed by atoms with Crippen molar-refractivity contribution in [3.05, 3.63) is 35.4 Å². The summed E-state index contributed by atoms with van der Waals surface area (Å²) < 4.78 is 32.9. The van der Waals surface area contributed by atoms with Gasteiger partial charge in [-0.1, -0.05) is 0 Å². The number of ketones is 1. The minimum atomic E-state index is -0.296. The maximum absolute atomic E-state index is 12.1. The van der Waals surface area contributed by atoms with Crippen LogP contribution in [0, 0.1) is 0 Å². The second-order valence-electron chi connectivity index (χ2n) is 6.36. The Morgan fingerprint density at radius 3 is 1.96 bits per heavy atom. The standard InChI is InChI=1S/C21H24O7/c1-12(22)6-14(13-7-19(24-3)21(26-5)20(8-13)25-4)15-9-17-18(28-11-27-17)10-16(15)23-2/h7-10,14H,6,11H2,1-5H3/t14-/m1/s1. The third-order valence-electron chi connectivity index (χ3n) is 4.68. The Hall–Kier alpha value is -3.09. The predicted octanol–water partition coefficient (Wildman–Crippen LogP) is 3.56. The van der Waals surface area contributed by atoms with Gasteiger partial charge in [0, 0.05) is 24.0 Å². The zero-order chi connectivity index (χ0) is 20.3. The number of ether oxygens (including phenoxy) is 6. The lowest BCUT2D eigenvalue weighted by atomic mass is 9.86. The zero-order valence-corrected chi connectivity index (χ0v) is 16.7. The van der Waals surface area contributed by atoms with Crippen LogP contribution in [0.3, 0.4) is 0 Å². The summed E-state index contributed by atoms with van der Waals surface area (Å²) in [5.41, 5.74) is 1.65. The Balaban J connectivity index is 2.18. The molecular formula is C21H24O7. The molecular weight excluding hydrogens is 364 g/mol. The van der Waals surface area contributed by atoms with E-state index in [1.165, 1.54) is 0 Å². The molecule has 1 heterocycles. The van der Waals surface area contributed by atoms with Gasteiger partial charge < -0.3 is 28.4 Å². The molecule has 0 radical (unpaired) electrons. The quantitative estimate of drug-likeness (QED) is 0.685. The molecule has 2 aromatic rings. The average molecular weight is 388 g/mol. The maximum atomic E-state index is 12.1. The second-order valence-corrected chi connectivity index (χ2v) is 6.36. The van der Waals surface area contributed by atoms with Crippen LogP contribution in [0.1, 0.15) is 30.4 Å². The van der Waals surface area contributed by atoms with Gasteiger partial charge in [0.2, 0.25) is 12.5 Å². The third kappa shape index (κ3) is 3.65. The van der Waals surface area contributed by atoms with Gasteiger partial charge in [-0.25, -0.2) is 0 Å². The Labute approximate surface area is 164 Å². The highest BCUT2D eigenvalue weighted by Crippen LogP contribution is 2.46. The molecule has 1 aliphatic rings. The van der Waals surface area contributed by atoms with E-state index in [0.717, 1.165) is 11.1 Å². The van der Waals surface area contributed by atoms with Crippen molar-refractivity contribution < 1.29 is 33.2 Å². The molecule has 1 atom stereocenters. The largest absolute Gasteiger partial charge is 0.496 e. The lowest BCUT2D eigenvalue weighted by Crippen LogP contribution is -2.09. The highest BCUT2D eigenvalue weighted by Gasteiger charge is 2.27. The fourth-order valence-corrected chi connectivity index (χ4v) is 3.39. The van der Waals surface area contributed by atoms with Crippen molar-refractivity contribution in [2.45, 2.75) is 19.3 Å². The van der Waals surface area contributed by atoms with Gasteiger partial charge in [-0.3, -0.25) is 4.79 Å². The molecule has 28 heavy (non-hydrogen) atoms. The molecule has 3 rings (SSSR count). The molecule has 0 amide bonds. The summed E-state index contributed by atoms with van der Waals surface area (Å²) >= 11 is 0. The molecule has 7 nitrogen and oxygen atoms in total. The number of benzene rings is 2. The zero-order valence-electron chi connectivity index (χ0n) is 16.7. The summed E-state index contributed by atoms with van der Waals surface area (Å²) in [5, 5.41) is 0. The Bertz CT molecular complexity index is 850.